The maximum absolute atomic E-state index is 12.5. The number of rotatable bonds is 7. The van der Waals surface area contributed by atoms with E-state index in [4.69, 9.17) is 39.5 Å². The lowest BCUT2D eigenvalue weighted by molar-refractivity contribution is 0.0252. The van der Waals surface area contributed by atoms with Crippen LogP contribution in [0, 0.1) is 0 Å². The second-order valence-corrected chi connectivity index (χ2v) is 8.33. The second-order valence-electron chi connectivity index (χ2n) is 7.12. The Morgan fingerprint density at radius 1 is 1.09 bits per heavy atom. The number of hydrogen-bond acceptors (Lipinski definition) is 6. The minimum Gasteiger partial charge on any atom is -0.469 e. The summed E-state index contributed by atoms with van der Waals surface area (Å²) in [6.45, 7) is 2.24. The monoisotopic (exact) mass is 489 g/mol. The third-order valence-electron chi connectivity index (χ3n) is 4.71. The van der Waals surface area contributed by atoms with Gasteiger partial charge in [0.15, 0.2) is 5.15 Å². The van der Waals surface area contributed by atoms with Crippen LogP contribution in [0.15, 0.2) is 54.7 Å². The topological polar surface area (TPSA) is 80.2 Å². The van der Waals surface area contributed by atoms with E-state index in [2.05, 4.69) is 31.5 Å². The van der Waals surface area contributed by atoms with E-state index in [0.29, 0.717) is 11.3 Å². The van der Waals surface area contributed by atoms with Crippen molar-refractivity contribution < 1.29 is 9.53 Å². The van der Waals surface area contributed by atoms with Gasteiger partial charge in [-0.2, -0.15) is 0 Å². The van der Waals surface area contributed by atoms with Crippen molar-refractivity contribution in [1.29, 1.82) is 0 Å². The molecular weight excluding hydrogens is 473 g/mol. The standard InChI is InChI=1S/C22H18Cl3N5O2/c23-16-5-3-14(4-6-16)2-1-9-30-12-17(13-30)32-22-18(11-20(25)28-29-22)27-21(31)15-7-8-26-19(24)10-15/h1-8,10-11,17H,9,12-13H2,(H,27,28,31)/b2-1+. The van der Waals surface area contributed by atoms with Crippen LogP contribution >= 0.6 is 34.8 Å². The first kappa shape index (κ1) is 22.5. The van der Waals surface area contributed by atoms with E-state index in [1.165, 1.54) is 18.3 Å². The Labute approximate surface area is 200 Å². The fourth-order valence-electron chi connectivity index (χ4n) is 3.09. The lowest BCUT2D eigenvalue weighted by Crippen LogP contribution is -2.53. The maximum atomic E-state index is 12.5. The van der Waals surface area contributed by atoms with E-state index in [-0.39, 0.29) is 28.2 Å². The number of amides is 1. The number of halogens is 3. The molecule has 1 saturated heterocycles. The van der Waals surface area contributed by atoms with Crippen molar-refractivity contribution in [2.75, 3.05) is 25.0 Å². The van der Waals surface area contributed by atoms with Gasteiger partial charge in [-0.05, 0) is 29.8 Å². The molecule has 7 nitrogen and oxygen atoms in total. The molecule has 1 aliphatic rings. The van der Waals surface area contributed by atoms with Crippen molar-refractivity contribution >= 4 is 52.5 Å². The first-order valence-corrected chi connectivity index (χ1v) is 10.9. The fourth-order valence-corrected chi connectivity index (χ4v) is 3.53. The molecule has 0 atom stereocenters. The van der Waals surface area contributed by atoms with E-state index in [1.54, 1.807) is 6.07 Å². The van der Waals surface area contributed by atoms with Gasteiger partial charge in [0.1, 0.15) is 16.9 Å². The zero-order chi connectivity index (χ0) is 22.5. The Hall–Kier alpha value is -2.71. The molecule has 1 fully saturated rings. The Morgan fingerprint density at radius 2 is 1.88 bits per heavy atom. The van der Waals surface area contributed by atoms with Crippen LogP contribution in [0.1, 0.15) is 15.9 Å². The number of ether oxygens (including phenoxy) is 1. The number of anilines is 1. The lowest BCUT2D eigenvalue weighted by Gasteiger charge is -2.38. The van der Waals surface area contributed by atoms with Crippen LogP contribution < -0.4 is 10.1 Å². The quantitative estimate of drug-likeness (QED) is 0.476. The summed E-state index contributed by atoms with van der Waals surface area (Å²) in [6, 6.07) is 12.2. The van der Waals surface area contributed by atoms with E-state index in [1.807, 2.05) is 30.3 Å². The van der Waals surface area contributed by atoms with Crippen LogP contribution in [0.4, 0.5) is 5.69 Å². The number of benzene rings is 1. The van der Waals surface area contributed by atoms with Gasteiger partial charge >= 0.3 is 0 Å². The van der Waals surface area contributed by atoms with E-state index in [0.717, 1.165) is 30.2 Å². The first-order chi connectivity index (χ1) is 15.5. The Balaban J connectivity index is 1.32. The second kappa shape index (κ2) is 10.3. The molecule has 0 bridgehead atoms. The molecule has 0 unspecified atom stereocenters. The van der Waals surface area contributed by atoms with Gasteiger partial charge < -0.3 is 10.1 Å². The molecule has 1 aromatic carbocycles. The van der Waals surface area contributed by atoms with Gasteiger partial charge in [-0.15, -0.1) is 10.2 Å². The maximum Gasteiger partial charge on any atom is 0.258 e. The number of hydrogen-bond donors (Lipinski definition) is 1. The van der Waals surface area contributed by atoms with E-state index in [9.17, 15) is 4.79 Å². The van der Waals surface area contributed by atoms with E-state index >= 15 is 0 Å². The van der Waals surface area contributed by atoms with Crippen molar-refractivity contribution in [3.05, 3.63) is 81.2 Å². The molecule has 0 radical (unpaired) electrons. The van der Waals surface area contributed by atoms with Crippen LogP contribution in [0.5, 0.6) is 5.88 Å². The summed E-state index contributed by atoms with van der Waals surface area (Å²) in [5.41, 5.74) is 1.78. The van der Waals surface area contributed by atoms with Crippen molar-refractivity contribution in [3.63, 3.8) is 0 Å². The number of carbonyl (C=O) groups excluding carboxylic acids is 1. The molecule has 1 amide bonds. The number of carbonyl (C=O) groups is 1. The molecule has 0 spiro atoms. The molecule has 2 aromatic heterocycles. The van der Waals surface area contributed by atoms with Crippen molar-refractivity contribution in [3.8, 4) is 5.88 Å². The number of nitrogens with zero attached hydrogens (tertiary/aromatic N) is 4. The molecule has 3 aromatic rings. The SMILES string of the molecule is O=C(Nc1cc(Cl)nnc1OC1CN(C/C=C/c2ccc(Cl)cc2)C1)c1ccnc(Cl)c1. The molecular formula is C22H18Cl3N5O2. The Kier molecular flexibility index (Phi) is 7.22. The van der Waals surface area contributed by atoms with Gasteiger partial charge in [-0.25, -0.2) is 4.98 Å². The smallest absolute Gasteiger partial charge is 0.258 e. The van der Waals surface area contributed by atoms with Gasteiger partial charge in [0.25, 0.3) is 11.8 Å². The average molecular weight is 491 g/mol. The molecule has 1 N–H and O–H groups in total. The van der Waals surface area contributed by atoms with Crippen LogP contribution in [-0.4, -0.2) is 51.7 Å². The molecule has 164 valence electrons. The van der Waals surface area contributed by atoms with Crippen LogP contribution in [-0.2, 0) is 0 Å². The fraction of sp³-hybridized carbons (Fsp3) is 0.182. The highest BCUT2D eigenvalue weighted by atomic mass is 35.5. The molecule has 3 heterocycles. The largest absolute Gasteiger partial charge is 0.469 e. The number of likely N-dealkylation sites (tertiary alicyclic amines) is 1. The van der Waals surface area contributed by atoms with Crippen molar-refractivity contribution in [2.24, 2.45) is 0 Å². The van der Waals surface area contributed by atoms with Gasteiger partial charge in [0.05, 0.1) is 0 Å². The predicted molar refractivity (Wildman–Crippen MR) is 126 cm³/mol. The summed E-state index contributed by atoms with van der Waals surface area (Å²) in [5, 5.41) is 11.7. The highest BCUT2D eigenvalue weighted by Gasteiger charge is 2.29. The van der Waals surface area contributed by atoms with Gasteiger partial charge in [-0.1, -0.05) is 59.1 Å². The minimum absolute atomic E-state index is 0.0690. The number of pyridine rings is 1. The Morgan fingerprint density at radius 3 is 2.62 bits per heavy atom. The predicted octanol–water partition coefficient (Wildman–Crippen LogP) is 4.86. The third kappa shape index (κ3) is 5.95. The molecule has 10 heteroatoms. The third-order valence-corrected chi connectivity index (χ3v) is 5.36. The summed E-state index contributed by atoms with van der Waals surface area (Å²) in [5.74, 6) is -0.171. The molecule has 0 aliphatic carbocycles. The molecule has 1 aliphatic heterocycles. The highest BCUT2D eigenvalue weighted by molar-refractivity contribution is 6.30. The summed E-state index contributed by atoms with van der Waals surface area (Å²) < 4.78 is 5.94. The van der Waals surface area contributed by atoms with Gasteiger partial charge in [0.2, 0.25) is 0 Å². The van der Waals surface area contributed by atoms with Crippen molar-refractivity contribution in [2.45, 2.75) is 6.10 Å². The summed E-state index contributed by atoms with van der Waals surface area (Å²) in [6.07, 6.45) is 5.53. The van der Waals surface area contributed by atoms with Gasteiger partial charge in [-0.3, -0.25) is 9.69 Å². The molecule has 32 heavy (non-hydrogen) atoms. The number of nitrogens with one attached hydrogen (secondary N) is 1. The Bertz CT molecular complexity index is 1130. The molecule has 0 saturated carbocycles. The lowest BCUT2D eigenvalue weighted by atomic mass is 10.1. The normalized spacial score (nSPS) is 14.3. The summed E-state index contributed by atoms with van der Waals surface area (Å²) in [4.78, 5) is 18.6. The van der Waals surface area contributed by atoms with Crippen molar-refractivity contribution in [1.82, 2.24) is 20.1 Å². The van der Waals surface area contributed by atoms with Gasteiger partial charge in [0, 0.05) is 42.5 Å². The minimum atomic E-state index is -0.384. The average Bonchev–Trinajstić information content (AvgIpc) is 2.74. The zero-order valence-corrected chi connectivity index (χ0v) is 19.0. The highest BCUT2D eigenvalue weighted by Crippen LogP contribution is 2.27. The van der Waals surface area contributed by atoms with Crippen LogP contribution in [0.25, 0.3) is 6.08 Å². The number of aromatic nitrogens is 3. The van der Waals surface area contributed by atoms with E-state index < -0.39 is 0 Å². The zero-order valence-electron chi connectivity index (χ0n) is 16.7. The summed E-state index contributed by atoms with van der Waals surface area (Å²) >= 11 is 17.7. The first-order valence-electron chi connectivity index (χ1n) is 9.73. The van der Waals surface area contributed by atoms with Crippen LogP contribution in [0.2, 0.25) is 15.3 Å². The molecule has 4 rings (SSSR count). The van der Waals surface area contributed by atoms with Crippen LogP contribution in [0.3, 0.4) is 0 Å². The summed E-state index contributed by atoms with van der Waals surface area (Å²) in [7, 11) is 0.